The lowest BCUT2D eigenvalue weighted by molar-refractivity contribution is 0.197. The lowest BCUT2D eigenvalue weighted by atomic mass is 10.2. The number of aromatic amines is 1. The van der Waals surface area contributed by atoms with Gasteiger partial charge >= 0.3 is 6.03 Å². The van der Waals surface area contributed by atoms with Gasteiger partial charge in [0.05, 0.1) is 17.4 Å². The predicted octanol–water partition coefficient (Wildman–Crippen LogP) is 1.55. The van der Waals surface area contributed by atoms with Crippen LogP contribution in [-0.2, 0) is 6.54 Å². The summed E-state index contributed by atoms with van der Waals surface area (Å²) in [6.07, 6.45) is 2.47. The third kappa shape index (κ3) is 4.17. The third-order valence-electron chi connectivity index (χ3n) is 4.71. The highest BCUT2D eigenvalue weighted by atomic mass is 16.2. The maximum Gasteiger partial charge on any atom is 0.317 e. The summed E-state index contributed by atoms with van der Waals surface area (Å²) in [5, 5.41) is 3.51. The molecule has 3 rings (SSSR count). The molecule has 7 nitrogen and oxygen atoms in total. The van der Waals surface area contributed by atoms with Crippen molar-refractivity contribution in [3.05, 3.63) is 40.4 Å². The van der Waals surface area contributed by atoms with Crippen LogP contribution >= 0.6 is 0 Å². The number of H-pyrrole nitrogens is 1. The predicted molar refractivity (Wildman–Crippen MR) is 97.5 cm³/mol. The van der Waals surface area contributed by atoms with E-state index in [-0.39, 0.29) is 18.1 Å². The molecule has 2 heterocycles. The van der Waals surface area contributed by atoms with Gasteiger partial charge in [-0.2, -0.15) is 0 Å². The lowest BCUT2D eigenvalue weighted by Gasteiger charge is -2.25. The van der Waals surface area contributed by atoms with Crippen LogP contribution in [0.4, 0.5) is 4.79 Å². The van der Waals surface area contributed by atoms with Crippen LogP contribution in [0.2, 0.25) is 0 Å². The number of nitrogens with zero attached hydrogens (tertiary/aromatic N) is 3. The number of carbonyl (C=O) groups excluding carboxylic acids is 1. The first-order valence-corrected chi connectivity index (χ1v) is 8.75. The molecule has 0 unspecified atom stereocenters. The molecule has 0 saturated carbocycles. The second-order valence-corrected chi connectivity index (χ2v) is 6.66. The summed E-state index contributed by atoms with van der Waals surface area (Å²) >= 11 is 0. The number of para-hydroxylation sites is 1. The number of aromatic nitrogens is 2. The van der Waals surface area contributed by atoms with E-state index in [1.807, 2.05) is 6.07 Å². The molecule has 7 heteroatoms. The van der Waals surface area contributed by atoms with Crippen molar-refractivity contribution in [2.75, 3.05) is 26.7 Å². The first kappa shape index (κ1) is 17.4. The van der Waals surface area contributed by atoms with Crippen molar-refractivity contribution in [1.29, 1.82) is 0 Å². The second-order valence-electron chi connectivity index (χ2n) is 6.66. The molecule has 0 radical (unpaired) electrons. The van der Waals surface area contributed by atoms with Gasteiger partial charge in [-0.25, -0.2) is 9.78 Å². The Balaban J connectivity index is 1.58. The molecule has 25 heavy (non-hydrogen) atoms. The van der Waals surface area contributed by atoms with Crippen LogP contribution in [0.5, 0.6) is 0 Å². The maximum absolute atomic E-state index is 12.3. The van der Waals surface area contributed by atoms with E-state index in [4.69, 9.17) is 0 Å². The van der Waals surface area contributed by atoms with Gasteiger partial charge in [0.25, 0.3) is 5.56 Å². The Morgan fingerprint density at radius 3 is 2.84 bits per heavy atom. The molecular formula is C18H25N5O2. The van der Waals surface area contributed by atoms with Gasteiger partial charge in [0.15, 0.2) is 0 Å². The smallest absolute Gasteiger partial charge is 0.317 e. The van der Waals surface area contributed by atoms with Crippen LogP contribution in [0.1, 0.15) is 25.6 Å². The molecule has 1 aromatic heterocycles. The molecule has 1 aliphatic rings. The number of fused-ring (bicyclic) bond motifs is 1. The minimum atomic E-state index is -0.183. The SMILES string of the molecule is C[C@@H](CNC(=O)N(C)Cc1nc2ccccc2c(=O)[nH]1)N1CCCC1. The van der Waals surface area contributed by atoms with Crippen LogP contribution in [-0.4, -0.2) is 58.5 Å². The van der Waals surface area contributed by atoms with Gasteiger partial charge in [0, 0.05) is 19.6 Å². The van der Waals surface area contributed by atoms with Gasteiger partial charge in [-0.1, -0.05) is 12.1 Å². The zero-order chi connectivity index (χ0) is 17.8. The van der Waals surface area contributed by atoms with Gasteiger partial charge in [-0.05, 0) is 45.0 Å². The van der Waals surface area contributed by atoms with Crippen molar-refractivity contribution in [2.45, 2.75) is 32.4 Å². The van der Waals surface area contributed by atoms with Gasteiger partial charge in [0.2, 0.25) is 0 Å². The molecular weight excluding hydrogens is 318 g/mol. The van der Waals surface area contributed by atoms with Crippen molar-refractivity contribution < 1.29 is 4.79 Å². The summed E-state index contributed by atoms with van der Waals surface area (Å²) < 4.78 is 0. The van der Waals surface area contributed by atoms with E-state index in [1.165, 1.54) is 17.7 Å². The van der Waals surface area contributed by atoms with Crippen molar-refractivity contribution in [3.63, 3.8) is 0 Å². The lowest BCUT2D eigenvalue weighted by Crippen LogP contribution is -2.44. The molecule has 134 valence electrons. The third-order valence-corrected chi connectivity index (χ3v) is 4.71. The average Bonchev–Trinajstić information content (AvgIpc) is 3.14. The molecule has 1 aromatic carbocycles. The van der Waals surface area contributed by atoms with Crippen molar-refractivity contribution in [3.8, 4) is 0 Å². The molecule has 0 spiro atoms. The first-order chi connectivity index (χ1) is 12.0. The number of benzene rings is 1. The zero-order valence-corrected chi connectivity index (χ0v) is 14.8. The highest BCUT2D eigenvalue weighted by molar-refractivity contribution is 5.77. The van der Waals surface area contributed by atoms with Gasteiger partial charge in [-0.15, -0.1) is 0 Å². The molecule has 2 amide bonds. The molecule has 2 aromatic rings. The quantitative estimate of drug-likeness (QED) is 0.863. The van der Waals surface area contributed by atoms with Crippen LogP contribution in [0.15, 0.2) is 29.1 Å². The summed E-state index contributed by atoms with van der Waals surface area (Å²) in [5.74, 6) is 0.481. The Kier molecular flexibility index (Phi) is 5.33. The van der Waals surface area contributed by atoms with Crippen molar-refractivity contribution in [2.24, 2.45) is 0 Å². The van der Waals surface area contributed by atoms with E-state index >= 15 is 0 Å². The minimum absolute atomic E-state index is 0.165. The number of hydrogen-bond acceptors (Lipinski definition) is 4. The topological polar surface area (TPSA) is 81.3 Å². The van der Waals surface area contributed by atoms with Gasteiger partial charge in [-0.3, -0.25) is 9.69 Å². The number of amides is 2. The zero-order valence-electron chi connectivity index (χ0n) is 14.8. The Labute approximate surface area is 147 Å². The maximum atomic E-state index is 12.3. The Hall–Kier alpha value is -2.41. The second kappa shape index (κ2) is 7.65. The van der Waals surface area contributed by atoms with E-state index in [9.17, 15) is 9.59 Å². The fourth-order valence-corrected chi connectivity index (χ4v) is 3.19. The summed E-state index contributed by atoms with van der Waals surface area (Å²) in [6.45, 7) is 5.22. The Morgan fingerprint density at radius 1 is 1.36 bits per heavy atom. The first-order valence-electron chi connectivity index (χ1n) is 8.75. The molecule has 1 saturated heterocycles. The number of likely N-dealkylation sites (tertiary alicyclic amines) is 1. The highest BCUT2D eigenvalue weighted by Crippen LogP contribution is 2.11. The number of carbonyl (C=O) groups is 1. The van der Waals surface area contributed by atoms with Crippen LogP contribution in [0, 0.1) is 0 Å². The number of hydrogen-bond donors (Lipinski definition) is 2. The monoisotopic (exact) mass is 343 g/mol. The normalized spacial score (nSPS) is 16.1. The van der Waals surface area contributed by atoms with Crippen LogP contribution < -0.4 is 10.9 Å². The average molecular weight is 343 g/mol. The van der Waals surface area contributed by atoms with E-state index in [0.29, 0.717) is 29.3 Å². The number of urea groups is 1. The largest absolute Gasteiger partial charge is 0.336 e. The fraction of sp³-hybridized carbons (Fsp3) is 0.500. The summed E-state index contributed by atoms with van der Waals surface area (Å²) in [5.41, 5.74) is 0.453. The van der Waals surface area contributed by atoms with E-state index in [1.54, 1.807) is 25.2 Å². The van der Waals surface area contributed by atoms with Gasteiger partial charge < -0.3 is 15.2 Å². The van der Waals surface area contributed by atoms with Crippen molar-refractivity contribution >= 4 is 16.9 Å². The molecule has 1 fully saturated rings. The Morgan fingerprint density at radius 2 is 2.08 bits per heavy atom. The molecule has 0 aliphatic carbocycles. The number of nitrogens with one attached hydrogen (secondary N) is 2. The molecule has 2 N–H and O–H groups in total. The Bertz CT molecular complexity index is 797. The van der Waals surface area contributed by atoms with E-state index < -0.39 is 0 Å². The van der Waals surface area contributed by atoms with Crippen molar-refractivity contribution in [1.82, 2.24) is 25.1 Å². The summed E-state index contributed by atoms with van der Waals surface area (Å²) in [4.78, 5) is 35.5. The fourth-order valence-electron chi connectivity index (χ4n) is 3.19. The standard InChI is InChI=1S/C18H25N5O2/c1-13(23-9-5-6-10-23)11-19-18(25)22(2)12-16-20-15-8-4-3-7-14(15)17(24)21-16/h3-4,7-8,13H,5-6,9-12H2,1-2H3,(H,19,25)(H,20,21,24)/t13-/m0/s1. The molecule has 1 atom stereocenters. The van der Waals surface area contributed by atoms with E-state index in [2.05, 4.69) is 27.1 Å². The summed E-state index contributed by atoms with van der Waals surface area (Å²) in [6, 6.07) is 7.35. The number of rotatable bonds is 5. The molecule has 0 bridgehead atoms. The van der Waals surface area contributed by atoms with Gasteiger partial charge in [0.1, 0.15) is 5.82 Å². The minimum Gasteiger partial charge on any atom is -0.336 e. The molecule has 1 aliphatic heterocycles. The van der Waals surface area contributed by atoms with Crippen LogP contribution in [0.25, 0.3) is 10.9 Å². The summed E-state index contributed by atoms with van der Waals surface area (Å²) in [7, 11) is 1.70. The van der Waals surface area contributed by atoms with E-state index in [0.717, 1.165) is 13.1 Å². The van der Waals surface area contributed by atoms with Crippen LogP contribution in [0.3, 0.4) is 0 Å². The highest BCUT2D eigenvalue weighted by Gasteiger charge is 2.19.